The van der Waals surface area contributed by atoms with Crippen LogP contribution >= 0.6 is 11.6 Å². The van der Waals surface area contributed by atoms with Crippen molar-refractivity contribution in [3.05, 3.63) is 62.9 Å². The van der Waals surface area contributed by atoms with Crippen LogP contribution in [0.3, 0.4) is 0 Å². The lowest BCUT2D eigenvalue weighted by molar-refractivity contribution is 0.0992. The van der Waals surface area contributed by atoms with E-state index in [1.165, 1.54) is 5.56 Å². The number of carbonyl (C=O) groups is 1. The number of aryl methyl sites for hydroxylation is 2. The molecule has 5 heteroatoms. The largest absolute Gasteiger partial charge is 0.312 e. The molecule has 1 atom stereocenters. The molecule has 0 amide bonds. The predicted octanol–water partition coefficient (Wildman–Crippen LogP) is 3.88. The molecule has 1 aromatic heterocycles. The maximum Gasteiger partial charge on any atom is 0.168 e. The summed E-state index contributed by atoms with van der Waals surface area (Å²) in [6, 6.07) is 6.38. The van der Waals surface area contributed by atoms with Crippen molar-refractivity contribution in [3.8, 4) is 0 Å². The van der Waals surface area contributed by atoms with Gasteiger partial charge in [-0.25, -0.2) is 0 Å². The van der Waals surface area contributed by atoms with Gasteiger partial charge < -0.3 is 5.32 Å². The third-order valence-electron chi connectivity index (χ3n) is 5.45. The highest BCUT2D eigenvalue weighted by molar-refractivity contribution is 6.30. The van der Waals surface area contributed by atoms with Gasteiger partial charge in [-0.3, -0.25) is 14.7 Å². The number of pyridine rings is 1. The van der Waals surface area contributed by atoms with Crippen molar-refractivity contribution in [2.24, 2.45) is 0 Å². The van der Waals surface area contributed by atoms with Crippen molar-refractivity contribution in [1.29, 1.82) is 0 Å². The molecule has 1 aliphatic rings. The van der Waals surface area contributed by atoms with Crippen LogP contribution in [0.5, 0.6) is 0 Å². The molecule has 144 valence electrons. The molecule has 2 heterocycles. The van der Waals surface area contributed by atoms with Crippen molar-refractivity contribution < 1.29 is 4.79 Å². The molecule has 3 rings (SSSR count). The zero-order chi connectivity index (χ0) is 19.6. The number of aromatic nitrogens is 1. The first-order chi connectivity index (χ1) is 12.8. The number of hydrogen-bond acceptors (Lipinski definition) is 4. The minimum absolute atomic E-state index is 0.0812. The lowest BCUT2D eigenvalue weighted by Crippen LogP contribution is -2.48. The third-order valence-corrected chi connectivity index (χ3v) is 5.67. The highest BCUT2D eigenvalue weighted by atomic mass is 35.5. The summed E-state index contributed by atoms with van der Waals surface area (Å²) < 4.78 is 0. The summed E-state index contributed by atoms with van der Waals surface area (Å²) in [5, 5.41) is 4.16. The fourth-order valence-corrected chi connectivity index (χ4v) is 3.88. The number of ketones is 1. The van der Waals surface area contributed by atoms with Crippen LogP contribution in [-0.2, 0) is 13.0 Å². The number of halogens is 1. The smallest absolute Gasteiger partial charge is 0.168 e. The van der Waals surface area contributed by atoms with Crippen molar-refractivity contribution in [1.82, 2.24) is 15.2 Å². The number of hydrogen-bond donors (Lipinski definition) is 1. The van der Waals surface area contributed by atoms with E-state index in [9.17, 15) is 4.79 Å². The van der Waals surface area contributed by atoms with Crippen LogP contribution < -0.4 is 5.32 Å². The molecule has 1 saturated heterocycles. The van der Waals surface area contributed by atoms with E-state index in [2.05, 4.69) is 29.0 Å². The molecule has 0 unspecified atom stereocenters. The Morgan fingerprint density at radius 3 is 2.70 bits per heavy atom. The van der Waals surface area contributed by atoms with E-state index in [0.29, 0.717) is 23.0 Å². The second-order valence-electron chi connectivity index (χ2n) is 7.67. The van der Waals surface area contributed by atoms with Crippen LogP contribution in [0.1, 0.15) is 45.2 Å². The molecule has 0 bridgehead atoms. The molecule has 0 saturated carbocycles. The molecule has 1 aromatic carbocycles. The van der Waals surface area contributed by atoms with Crippen molar-refractivity contribution in [2.75, 3.05) is 19.6 Å². The summed E-state index contributed by atoms with van der Waals surface area (Å²) >= 11 is 6.39. The Morgan fingerprint density at radius 2 is 2.00 bits per heavy atom. The van der Waals surface area contributed by atoms with Gasteiger partial charge in [-0.05, 0) is 68.1 Å². The Balaban J connectivity index is 1.80. The van der Waals surface area contributed by atoms with E-state index < -0.39 is 0 Å². The standard InChI is InChI=1S/C22H28ClN3O/c1-14-7-19(11-25-17(14)4)22(27)10-18-8-21(23)9-20(16(18)3)13-26-6-5-24-15(2)12-26/h7-9,11,15,24H,5-6,10,12-13H2,1-4H3/t15-/m0/s1. The first-order valence-corrected chi connectivity index (χ1v) is 9.91. The highest BCUT2D eigenvalue weighted by Crippen LogP contribution is 2.24. The summed E-state index contributed by atoms with van der Waals surface area (Å²) in [6.07, 6.45) is 2.02. The maximum atomic E-state index is 12.8. The fourth-order valence-electron chi connectivity index (χ4n) is 3.61. The second kappa shape index (κ2) is 8.51. The normalized spacial score (nSPS) is 17.9. The van der Waals surface area contributed by atoms with Crippen LogP contribution in [-0.4, -0.2) is 41.3 Å². The van der Waals surface area contributed by atoms with E-state index >= 15 is 0 Å². The molecule has 27 heavy (non-hydrogen) atoms. The quantitative estimate of drug-likeness (QED) is 0.793. The first kappa shape index (κ1) is 20.0. The fraction of sp³-hybridized carbons (Fsp3) is 0.455. The Bertz CT molecular complexity index is 850. The number of nitrogens with one attached hydrogen (secondary N) is 1. The Morgan fingerprint density at radius 1 is 1.26 bits per heavy atom. The van der Waals surface area contributed by atoms with Gasteiger partial charge >= 0.3 is 0 Å². The van der Waals surface area contributed by atoms with Gasteiger partial charge in [0.1, 0.15) is 0 Å². The van der Waals surface area contributed by atoms with Gasteiger partial charge in [0.25, 0.3) is 0 Å². The molecule has 1 aliphatic heterocycles. The Labute approximate surface area is 166 Å². The van der Waals surface area contributed by atoms with Crippen molar-refractivity contribution in [3.63, 3.8) is 0 Å². The predicted molar refractivity (Wildman–Crippen MR) is 111 cm³/mol. The van der Waals surface area contributed by atoms with Crippen LogP contribution in [0.15, 0.2) is 24.4 Å². The van der Waals surface area contributed by atoms with E-state index in [1.807, 2.05) is 32.0 Å². The van der Waals surface area contributed by atoms with Gasteiger partial charge in [0.15, 0.2) is 5.78 Å². The lowest BCUT2D eigenvalue weighted by atomic mass is 9.95. The minimum Gasteiger partial charge on any atom is -0.312 e. The number of nitrogens with zero attached hydrogens (tertiary/aromatic N) is 2. The van der Waals surface area contributed by atoms with E-state index in [0.717, 1.165) is 48.6 Å². The number of Topliss-reactive ketones (excluding diaryl/α,β-unsaturated/α-hetero) is 1. The summed E-state index contributed by atoms with van der Waals surface area (Å²) in [6.45, 7) is 12.2. The monoisotopic (exact) mass is 385 g/mol. The maximum absolute atomic E-state index is 12.8. The number of piperazine rings is 1. The van der Waals surface area contributed by atoms with E-state index in [4.69, 9.17) is 11.6 Å². The topological polar surface area (TPSA) is 45.2 Å². The number of rotatable bonds is 5. The van der Waals surface area contributed by atoms with Crippen LogP contribution in [0.25, 0.3) is 0 Å². The van der Waals surface area contributed by atoms with Gasteiger partial charge in [-0.15, -0.1) is 0 Å². The first-order valence-electron chi connectivity index (χ1n) is 9.53. The van der Waals surface area contributed by atoms with Gasteiger partial charge in [-0.2, -0.15) is 0 Å². The second-order valence-corrected chi connectivity index (χ2v) is 8.10. The third kappa shape index (κ3) is 4.95. The van der Waals surface area contributed by atoms with Gasteiger partial charge in [-0.1, -0.05) is 11.6 Å². The molecule has 1 fully saturated rings. The van der Waals surface area contributed by atoms with E-state index in [1.54, 1.807) is 6.20 Å². The van der Waals surface area contributed by atoms with Crippen molar-refractivity contribution >= 4 is 17.4 Å². The van der Waals surface area contributed by atoms with Crippen LogP contribution in [0, 0.1) is 20.8 Å². The Hall–Kier alpha value is -1.75. The van der Waals surface area contributed by atoms with Crippen LogP contribution in [0.4, 0.5) is 0 Å². The molecular formula is C22H28ClN3O. The van der Waals surface area contributed by atoms with Gasteiger partial charge in [0.2, 0.25) is 0 Å². The molecule has 0 aliphatic carbocycles. The summed E-state index contributed by atoms with van der Waals surface area (Å²) in [5.74, 6) is 0.0812. The molecule has 0 radical (unpaired) electrons. The summed E-state index contributed by atoms with van der Waals surface area (Å²) in [4.78, 5) is 19.6. The Kier molecular flexibility index (Phi) is 6.30. The minimum atomic E-state index is 0.0812. The number of benzene rings is 1. The summed E-state index contributed by atoms with van der Waals surface area (Å²) in [7, 11) is 0. The molecule has 2 aromatic rings. The van der Waals surface area contributed by atoms with E-state index in [-0.39, 0.29) is 5.78 Å². The SMILES string of the molecule is Cc1cc(C(=O)Cc2cc(Cl)cc(CN3CCN[C@@H](C)C3)c2C)cnc1C. The van der Waals surface area contributed by atoms with Crippen LogP contribution in [0.2, 0.25) is 5.02 Å². The van der Waals surface area contributed by atoms with Gasteiger partial charge in [0.05, 0.1) is 0 Å². The highest BCUT2D eigenvalue weighted by Gasteiger charge is 2.18. The zero-order valence-electron chi connectivity index (χ0n) is 16.6. The van der Waals surface area contributed by atoms with Crippen molar-refractivity contribution in [2.45, 2.75) is 46.7 Å². The molecule has 1 N–H and O–H groups in total. The molecule has 0 spiro atoms. The average molecular weight is 386 g/mol. The average Bonchev–Trinajstić information content (AvgIpc) is 2.61. The number of carbonyl (C=O) groups excluding carboxylic acids is 1. The molecular weight excluding hydrogens is 358 g/mol. The summed E-state index contributed by atoms with van der Waals surface area (Å²) in [5.41, 5.74) is 6.03. The zero-order valence-corrected chi connectivity index (χ0v) is 17.4. The molecule has 4 nitrogen and oxygen atoms in total. The lowest BCUT2D eigenvalue weighted by Gasteiger charge is -2.32. The van der Waals surface area contributed by atoms with Gasteiger partial charge in [0, 0.05) is 61.1 Å².